The third-order valence-electron chi connectivity index (χ3n) is 5.36. The summed E-state index contributed by atoms with van der Waals surface area (Å²) in [4.78, 5) is 14.9. The van der Waals surface area contributed by atoms with Gasteiger partial charge in [0.05, 0.1) is 18.0 Å². The maximum absolute atomic E-state index is 12.9. The number of piperidine rings is 1. The number of rotatable bonds is 2. The van der Waals surface area contributed by atoms with Crippen molar-refractivity contribution in [3.8, 4) is 0 Å². The van der Waals surface area contributed by atoms with Crippen molar-refractivity contribution < 1.29 is 4.79 Å². The zero-order valence-corrected chi connectivity index (χ0v) is 13.7. The molecule has 1 saturated heterocycles. The molecule has 1 spiro atoms. The molecule has 6 nitrogen and oxygen atoms in total. The van der Waals surface area contributed by atoms with E-state index in [1.807, 2.05) is 22.0 Å². The quantitative estimate of drug-likeness (QED) is 0.925. The first-order valence-corrected chi connectivity index (χ1v) is 8.45. The van der Waals surface area contributed by atoms with Gasteiger partial charge in [0.1, 0.15) is 0 Å². The van der Waals surface area contributed by atoms with E-state index in [0.717, 1.165) is 38.8 Å². The van der Waals surface area contributed by atoms with E-state index < -0.39 is 0 Å². The minimum Gasteiger partial charge on any atom is -0.338 e. The van der Waals surface area contributed by atoms with Gasteiger partial charge in [-0.1, -0.05) is 0 Å². The first-order chi connectivity index (χ1) is 11.1. The Morgan fingerprint density at radius 3 is 3.00 bits per heavy atom. The lowest BCUT2D eigenvalue weighted by Crippen LogP contribution is -2.47. The highest BCUT2D eigenvalue weighted by molar-refractivity contribution is 5.93. The standard InChI is InChI=1S/C17H23N5O/c1-12(2)22-10-14(9-19-22)16(23)21-7-3-5-17(11-21)6-4-13-8-18-20-15(13)17/h8-10,12H,3-7,11H2,1-2H3,(H,18,20). The fraction of sp³-hybridized carbons (Fsp3) is 0.588. The molecule has 1 fully saturated rings. The van der Waals surface area contributed by atoms with E-state index in [1.165, 1.54) is 11.3 Å². The lowest BCUT2D eigenvalue weighted by molar-refractivity contribution is 0.0632. The summed E-state index contributed by atoms with van der Waals surface area (Å²) in [5.74, 6) is 0.101. The Balaban J connectivity index is 1.57. The van der Waals surface area contributed by atoms with Crippen LogP contribution in [0.25, 0.3) is 0 Å². The number of carbonyl (C=O) groups excluding carboxylic acids is 1. The minimum absolute atomic E-state index is 0.0772. The van der Waals surface area contributed by atoms with Gasteiger partial charge in [-0.2, -0.15) is 10.2 Å². The van der Waals surface area contributed by atoms with E-state index in [2.05, 4.69) is 29.1 Å². The van der Waals surface area contributed by atoms with Gasteiger partial charge in [0.2, 0.25) is 0 Å². The lowest BCUT2D eigenvalue weighted by Gasteiger charge is -2.40. The van der Waals surface area contributed by atoms with Gasteiger partial charge in [-0.15, -0.1) is 0 Å². The van der Waals surface area contributed by atoms with Crippen LogP contribution in [0.4, 0.5) is 0 Å². The molecule has 1 amide bonds. The Bertz CT molecular complexity index is 731. The van der Waals surface area contributed by atoms with E-state index in [-0.39, 0.29) is 17.4 Å². The van der Waals surface area contributed by atoms with Crippen molar-refractivity contribution in [1.29, 1.82) is 0 Å². The largest absolute Gasteiger partial charge is 0.338 e. The summed E-state index contributed by atoms with van der Waals surface area (Å²) in [5, 5.41) is 11.7. The molecule has 0 saturated carbocycles. The average molecular weight is 313 g/mol. The van der Waals surface area contributed by atoms with Crippen LogP contribution in [0.1, 0.15) is 60.8 Å². The number of aromatic amines is 1. The minimum atomic E-state index is 0.0772. The van der Waals surface area contributed by atoms with E-state index in [9.17, 15) is 4.79 Å². The molecular formula is C17H23N5O. The summed E-state index contributed by atoms with van der Waals surface area (Å²) in [5.41, 5.74) is 3.35. The first kappa shape index (κ1) is 14.5. The van der Waals surface area contributed by atoms with Crippen LogP contribution >= 0.6 is 0 Å². The number of likely N-dealkylation sites (tertiary alicyclic amines) is 1. The third kappa shape index (κ3) is 2.28. The number of hydrogen-bond acceptors (Lipinski definition) is 3. The normalized spacial score (nSPS) is 23.7. The molecule has 0 radical (unpaired) electrons. The van der Waals surface area contributed by atoms with E-state index in [0.29, 0.717) is 5.56 Å². The fourth-order valence-electron chi connectivity index (χ4n) is 4.09. The molecule has 1 atom stereocenters. The number of amides is 1. The number of aromatic nitrogens is 4. The first-order valence-electron chi connectivity index (χ1n) is 8.45. The molecule has 4 rings (SSSR count). The maximum Gasteiger partial charge on any atom is 0.257 e. The fourth-order valence-corrected chi connectivity index (χ4v) is 4.09. The van der Waals surface area contributed by atoms with Crippen LogP contribution in [0.5, 0.6) is 0 Å². The van der Waals surface area contributed by atoms with Gasteiger partial charge in [-0.25, -0.2) is 0 Å². The van der Waals surface area contributed by atoms with Crippen molar-refractivity contribution >= 4 is 5.91 Å². The van der Waals surface area contributed by atoms with Crippen LogP contribution in [-0.2, 0) is 11.8 Å². The van der Waals surface area contributed by atoms with Crippen LogP contribution in [-0.4, -0.2) is 43.9 Å². The zero-order valence-electron chi connectivity index (χ0n) is 13.7. The van der Waals surface area contributed by atoms with Crippen LogP contribution in [0.3, 0.4) is 0 Å². The van der Waals surface area contributed by atoms with Crippen molar-refractivity contribution in [3.63, 3.8) is 0 Å². The molecule has 1 aliphatic carbocycles. The second-order valence-corrected chi connectivity index (χ2v) is 7.18. The lowest BCUT2D eigenvalue weighted by atomic mass is 9.77. The number of carbonyl (C=O) groups is 1. The van der Waals surface area contributed by atoms with Gasteiger partial charge in [0.25, 0.3) is 5.91 Å². The van der Waals surface area contributed by atoms with Crippen molar-refractivity contribution in [2.45, 2.75) is 51.0 Å². The van der Waals surface area contributed by atoms with E-state index >= 15 is 0 Å². The smallest absolute Gasteiger partial charge is 0.257 e. The molecule has 1 unspecified atom stereocenters. The molecule has 2 aromatic heterocycles. The maximum atomic E-state index is 12.9. The highest BCUT2D eigenvalue weighted by Crippen LogP contribution is 2.44. The third-order valence-corrected chi connectivity index (χ3v) is 5.36. The van der Waals surface area contributed by atoms with Crippen LogP contribution < -0.4 is 0 Å². The molecule has 1 N–H and O–H groups in total. The molecule has 1 aliphatic heterocycles. The molecule has 2 aliphatic rings. The second-order valence-electron chi connectivity index (χ2n) is 7.18. The van der Waals surface area contributed by atoms with Crippen LogP contribution in [0.2, 0.25) is 0 Å². The average Bonchev–Trinajstić information content (AvgIpc) is 3.25. The van der Waals surface area contributed by atoms with Gasteiger partial charge in [-0.3, -0.25) is 14.6 Å². The van der Waals surface area contributed by atoms with Crippen LogP contribution in [0.15, 0.2) is 18.6 Å². The van der Waals surface area contributed by atoms with Crippen molar-refractivity contribution in [3.05, 3.63) is 35.4 Å². The second kappa shape index (κ2) is 5.22. The van der Waals surface area contributed by atoms with Crippen molar-refractivity contribution in [2.75, 3.05) is 13.1 Å². The molecule has 0 bridgehead atoms. The summed E-state index contributed by atoms with van der Waals surface area (Å²) in [6, 6.07) is 0.270. The Kier molecular flexibility index (Phi) is 3.28. The van der Waals surface area contributed by atoms with Gasteiger partial charge < -0.3 is 4.90 Å². The Morgan fingerprint density at radius 1 is 1.35 bits per heavy atom. The number of hydrogen-bond donors (Lipinski definition) is 1. The number of fused-ring (bicyclic) bond motifs is 2. The molecular weight excluding hydrogens is 290 g/mol. The molecule has 122 valence electrons. The Morgan fingerprint density at radius 2 is 2.22 bits per heavy atom. The van der Waals surface area contributed by atoms with Crippen molar-refractivity contribution in [2.24, 2.45) is 0 Å². The zero-order chi connectivity index (χ0) is 16.0. The number of nitrogens with zero attached hydrogens (tertiary/aromatic N) is 4. The molecule has 0 aromatic carbocycles. The molecule has 2 aromatic rings. The SMILES string of the molecule is CC(C)n1cc(C(=O)N2CCCC3(CCc4cn[nH]c43)C2)cn1. The van der Waals surface area contributed by atoms with Gasteiger partial charge in [-0.05, 0) is 45.1 Å². The van der Waals surface area contributed by atoms with E-state index in [1.54, 1.807) is 6.20 Å². The number of nitrogens with one attached hydrogen (secondary N) is 1. The van der Waals surface area contributed by atoms with Gasteiger partial charge in [0, 0.05) is 36.4 Å². The monoisotopic (exact) mass is 313 g/mol. The van der Waals surface area contributed by atoms with Gasteiger partial charge in [0.15, 0.2) is 0 Å². The van der Waals surface area contributed by atoms with E-state index in [4.69, 9.17) is 0 Å². The highest BCUT2D eigenvalue weighted by atomic mass is 16.2. The molecule has 6 heteroatoms. The Hall–Kier alpha value is -2.11. The summed E-state index contributed by atoms with van der Waals surface area (Å²) >= 11 is 0. The van der Waals surface area contributed by atoms with Crippen molar-refractivity contribution in [1.82, 2.24) is 24.9 Å². The number of aryl methyl sites for hydroxylation is 1. The summed E-state index contributed by atoms with van der Waals surface area (Å²) < 4.78 is 1.84. The number of H-pyrrole nitrogens is 1. The Labute approximate surface area is 135 Å². The van der Waals surface area contributed by atoms with Crippen LogP contribution in [0, 0.1) is 0 Å². The predicted molar refractivity (Wildman–Crippen MR) is 86.3 cm³/mol. The topological polar surface area (TPSA) is 66.8 Å². The molecule has 3 heterocycles. The summed E-state index contributed by atoms with van der Waals surface area (Å²) in [6.45, 7) is 5.75. The highest BCUT2D eigenvalue weighted by Gasteiger charge is 2.44. The van der Waals surface area contributed by atoms with Gasteiger partial charge >= 0.3 is 0 Å². The summed E-state index contributed by atoms with van der Waals surface area (Å²) in [7, 11) is 0. The molecule has 23 heavy (non-hydrogen) atoms. The predicted octanol–water partition coefficient (Wildman–Crippen LogP) is 2.31. The summed E-state index contributed by atoms with van der Waals surface area (Å²) in [6.07, 6.45) is 9.87.